The molecule has 0 atom stereocenters. The molecule has 0 aliphatic rings. The van der Waals surface area contributed by atoms with Gasteiger partial charge < -0.3 is 9.47 Å². The fraction of sp³-hybridized carbons (Fsp3) is 0.188. The maximum absolute atomic E-state index is 13.0. The summed E-state index contributed by atoms with van der Waals surface area (Å²) in [6, 6.07) is 5.96. The molecule has 0 aliphatic heterocycles. The number of carbonyl (C=O) groups is 1. The average molecular weight is 347 g/mol. The van der Waals surface area contributed by atoms with Gasteiger partial charge in [-0.2, -0.15) is 4.98 Å². The summed E-state index contributed by atoms with van der Waals surface area (Å²) in [4.78, 5) is 17.7. The van der Waals surface area contributed by atoms with Gasteiger partial charge in [-0.25, -0.2) is 13.7 Å². The van der Waals surface area contributed by atoms with Gasteiger partial charge in [-0.3, -0.25) is 0 Å². The molecule has 2 heterocycles. The van der Waals surface area contributed by atoms with Crippen LogP contribution in [0.25, 0.3) is 21.9 Å². The molecular weight excluding hydrogens is 333 g/mol. The summed E-state index contributed by atoms with van der Waals surface area (Å²) in [6.07, 6.45) is 1.34. The van der Waals surface area contributed by atoms with Crippen molar-refractivity contribution in [1.82, 2.24) is 14.6 Å². The minimum atomic E-state index is -0.497. The van der Waals surface area contributed by atoms with Gasteiger partial charge in [0.05, 0.1) is 31.1 Å². The monoisotopic (exact) mass is 347 g/mol. The lowest BCUT2D eigenvalue weighted by Crippen LogP contribution is -2.05. The Labute approximate surface area is 141 Å². The zero-order chi connectivity index (χ0) is 17.3. The molecule has 0 aliphatic carbocycles. The van der Waals surface area contributed by atoms with Crippen LogP contribution in [0.1, 0.15) is 10.6 Å². The first-order valence-electron chi connectivity index (χ1n) is 6.99. The molecule has 0 fully saturated rings. The van der Waals surface area contributed by atoms with Crippen molar-refractivity contribution in [3.05, 3.63) is 46.9 Å². The minimum absolute atomic E-state index is 0.304. The lowest BCUT2D eigenvalue weighted by molar-refractivity contribution is -0.133. The molecule has 0 N–H and O–H groups in total. The van der Waals surface area contributed by atoms with Crippen LogP contribution in [-0.4, -0.2) is 34.8 Å². The molecule has 0 saturated carbocycles. The van der Waals surface area contributed by atoms with Crippen LogP contribution in [0, 0.1) is 12.7 Å². The van der Waals surface area contributed by atoms with E-state index in [-0.39, 0.29) is 5.82 Å². The average Bonchev–Trinajstić information content (AvgIpc) is 3.12. The van der Waals surface area contributed by atoms with Gasteiger partial charge in [0.2, 0.25) is 4.96 Å². The van der Waals surface area contributed by atoms with Gasteiger partial charge in [0.1, 0.15) is 11.4 Å². The van der Waals surface area contributed by atoms with Gasteiger partial charge >= 0.3 is 5.97 Å². The van der Waals surface area contributed by atoms with Gasteiger partial charge in [0.25, 0.3) is 0 Å². The zero-order valence-corrected chi connectivity index (χ0v) is 14.1. The van der Waals surface area contributed by atoms with E-state index in [1.54, 1.807) is 16.6 Å². The SMILES string of the molecule is COC=C(C(=O)OC)c1sc2nc(-c3ccc(F)cc3)nn2c1C. The van der Waals surface area contributed by atoms with Crippen molar-refractivity contribution in [2.24, 2.45) is 0 Å². The molecule has 0 saturated heterocycles. The van der Waals surface area contributed by atoms with Crippen molar-refractivity contribution in [3.63, 3.8) is 0 Å². The van der Waals surface area contributed by atoms with Crippen molar-refractivity contribution in [2.45, 2.75) is 6.92 Å². The third-order valence-electron chi connectivity index (χ3n) is 3.41. The molecule has 0 radical (unpaired) electrons. The molecule has 3 aromatic rings. The number of methoxy groups -OCH3 is 2. The summed E-state index contributed by atoms with van der Waals surface area (Å²) in [5.41, 5.74) is 1.76. The third-order valence-corrected chi connectivity index (χ3v) is 4.57. The first-order chi connectivity index (χ1) is 11.5. The van der Waals surface area contributed by atoms with Crippen LogP contribution in [0.4, 0.5) is 4.39 Å². The molecule has 3 rings (SSSR count). The topological polar surface area (TPSA) is 65.7 Å². The second-order valence-corrected chi connectivity index (χ2v) is 5.89. The van der Waals surface area contributed by atoms with E-state index in [4.69, 9.17) is 9.47 Å². The van der Waals surface area contributed by atoms with Crippen LogP contribution in [0.2, 0.25) is 0 Å². The van der Waals surface area contributed by atoms with Gasteiger partial charge in [-0.1, -0.05) is 11.3 Å². The molecule has 0 unspecified atom stereocenters. The Hall–Kier alpha value is -2.74. The van der Waals surface area contributed by atoms with Gasteiger partial charge in [0, 0.05) is 5.56 Å². The number of benzene rings is 1. The Morgan fingerprint density at radius 2 is 2.00 bits per heavy atom. The predicted molar refractivity (Wildman–Crippen MR) is 88.0 cm³/mol. The number of halogens is 1. The Morgan fingerprint density at radius 3 is 2.58 bits per heavy atom. The highest BCUT2D eigenvalue weighted by atomic mass is 32.1. The number of fused-ring (bicyclic) bond motifs is 1. The lowest BCUT2D eigenvalue weighted by Gasteiger charge is -2.03. The molecule has 1 aromatic carbocycles. The highest BCUT2D eigenvalue weighted by Gasteiger charge is 2.22. The molecule has 6 nitrogen and oxygen atoms in total. The van der Waals surface area contributed by atoms with Crippen molar-refractivity contribution in [2.75, 3.05) is 14.2 Å². The number of esters is 1. The van der Waals surface area contributed by atoms with E-state index in [1.165, 1.54) is 44.0 Å². The Morgan fingerprint density at radius 1 is 1.29 bits per heavy atom. The molecule has 8 heteroatoms. The van der Waals surface area contributed by atoms with Crippen LogP contribution in [0.5, 0.6) is 0 Å². The Bertz CT molecular complexity index is 928. The van der Waals surface area contributed by atoms with E-state index >= 15 is 0 Å². The lowest BCUT2D eigenvalue weighted by atomic mass is 10.2. The summed E-state index contributed by atoms with van der Waals surface area (Å²) in [5, 5.41) is 4.43. The van der Waals surface area contributed by atoms with Crippen LogP contribution >= 0.6 is 11.3 Å². The predicted octanol–water partition coefficient (Wildman–Crippen LogP) is 3.07. The quantitative estimate of drug-likeness (QED) is 0.412. The maximum Gasteiger partial charge on any atom is 0.342 e. The number of hydrogen-bond donors (Lipinski definition) is 0. The first kappa shape index (κ1) is 16.1. The van der Waals surface area contributed by atoms with Crippen LogP contribution in [0.15, 0.2) is 30.5 Å². The summed E-state index contributed by atoms with van der Waals surface area (Å²) in [6.45, 7) is 1.83. The van der Waals surface area contributed by atoms with Crippen LogP contribution < -0.4 is 0 Å². The van der Waals surface area contributed by atoms with E-state index in [0.717, 1.165) is 5.69 Å². The van der Waals surface area contributed by atoms with Crippen molar-refractivity contribution in [3.8, 4) is 11.4 Å². The largest absolute Gasteiger partial charge is 0.503 e. The number of aryl methyl sites for hydroxylation is 1. The molecule has 24 heavy (non-hydrogen) atoms. The highest BCUT2D eigenvalue weighted by Crippen LogP contribution is 2.30. The minimum Gasteiger partial charge on any atom is -0.503 e. The Kier molecular flexibility index (Phi) is 4.30. The summed E-state index contributed by atoms with van der Waals surface area (Å²) < 4.78 is 24.4. The van der Waals surface area contributed by atoms with Gasteiger partial charge in [0.15, 0.2) is 5.82 Å². The summed E-state index contributed by atoms with van der Waals surface area (Å²) in [5.74, 6) is -0.319. The second-order valence-electron chi connectivity index (χ2n) is 4.91. The zero-order valence-electron chi connectivity index (χ0n) is 13.2. The molecule has 0 spiro atoms. The number of carbonyl (C=O) groups excluding carboxylic acids is 1. The van der Waals surface area contributed by atoms with Crippen LogP contribution in [-0.2, 0) is 14.3 Å². The molecule has 0 amide bonds. The molecule has 124 valence electrons. The molecule has 0 bridgehead atoms. The Balaban J connectivity index is 2.07. The normalized spacial score (nSPS) is 11.8. The number of nitrogens with zero attached hydrogens (tertiary/aromatic N) is 3. The van der Waals surface area contributed by atoms with Crippen LogP contribution in [0.3, 0.4) is 0 Å². The number of aromatic nitrogens is 3. The third kappa shape index (κ3) is 2.76. The number of rotatable bonds is 4. The first-order valence-corrected chi connectivity index (χ1v) is 7.80. The van der Waals surface area contributed by atoms with Crippen molar-refractivity contribution < 1.29 is 18.7 Å². The number of ether oxygens (including phenoxy) is 2. The van der Waals surface area contributed by atoms with E-state index in [0.29, 0.717) is 26.8 Å². The second kappa shape index (κ2) is 6.40. The molecule has 2 aromatic heterocycles. The summed E-state index contributed by atoms with van der Waals surface area (Å²) >= 11 is 1.30. The fourth-order valence-electron chi connectivity index (χ4n) is 2.24. The van der Waals surface area contributed by atoms with Gasteiger partial charge in [-0.15, -0.1) is 5.10 Å². The fourth-order valence-corrected chi connectivity index (χ4v) is 3.29. The summed E-state index contributed by atoms with van der Waals surface area (Å²) in [7, 11) is 2.77. The standard InChI is InChI=1S/C16H14FN3O3S/c1-9-13(12(8-22-2)15(21)23-3)24-16-18-14(19-20(9)16)10-4-6-11(17)7-5-10/h4-8H,1-3H3. The maximum atomic E-state index is 13.0. The number of thiazole rings is 1. The van der Waals surface area contributed by atoms with E-state index in [2.05, 4.69) is 10.1 Å². The number of hydrogen-bond acceptors (Lipinski definition) is 6. The van der Waals surface area contributed by atoms with E-state index in [9.17, 15) is 9.18 Å². The van der Waals surface area contributed by atoms with Crippen molar-refractivity contribution >= 4 is 27.8 Å². The highest BCUT2D eigenvalue weighted by molar-refractivity contribution is 7.18. The smallest absolute Gasteiger partial charge is 0.342 e. The van der Waals surface area contributed by atoms with Gasteiger partial charge in [-0.05, 0) is 31.2 Å². The molecular formula is C16H14FN3O3S. The van der Waals surface area contributed by atoms with E-state index < -0.39 is 5.97 Å². The van der Waals surface area contributed by atoms with E-state index in [1.807, 2.05) is 6.92 Å². The van der Waals surface area contributed by atoms with Crippen molar-refractivity contribution in [1.29, 1.82) is 0 Å².